The average Bonchev–Trinajstić information content (AvgIpc) is 3.23. The van der Waals surface area contributed by atoms with Gasteiger partial charge in [-0.3, -0.25) is 9.78 Å². The number of halogens is 1. The second-order valence-corrected chi connectivity index (χ2v) is 6.84. The van der Waals surface area contributed by atoms with E-state index in [2.05, 4.69) is 17.2 Å². The molecule has 0 spiro atoms. The molecule has 138 valence electrons. The van der Waals surface area contributed by atoms with Gasteiger partial charge in [0.1, 0.15) is 5.82 Å². The number of para-hydroxylation sites is 1. The first-order valence-corrected chi connectivity index (χ1v) is 9.40. The molecule has 3 aromatic rings. The van der Waals surface area contributed by atoms with Crippen LogP contribution in [0.25, 0.3) is 10.9 Å². The van der Waals surface area contributed by atoms with Crippen LogP contribution in [0.2, 0.25) is 0 Å². The first kappa shape index (κ1) is 17.5. The highest BCUT2D eigenvalue weighted by Crippen LogP contribution is 2.32. The molecule has 1 fully saturated rings. The fourth-order valence-corrected chi connectivity index (χ4v) is 3.64. The number of hydrogen-bond donors (Lipinski definition) is 1. The zero-order chi connectivity index (χ0) is 18.8. The van der Waals surface area contributed by atoms with Gasteiger partial charge in [-0.2, -0.15) is 0 Å². The van der Waals surface area contributed by atoms with Crippen LogP contribution in [0.3, 0.4) is 0 Å². The lowest BCUT2D eigenvalue weighted by Crippen LogP contribution is -2.28. The molecule has 1 amide bonds. The molecule has 0 radical (unpaired) electrons. The SMILES string of the molecule is CCc1ccccc1Nc1c(C(=O)N2CCCC2)cnc2ccc(F)cc12. The Hall–Kier alpha value is -2.95. The van der Waals surface area contributed by atoms with E-state index in [1.54, 1.807) is 12.3 Å². The van der Waals surface area contributed by atoms with Gasteiger partial charge in [0.2, 0.25) is 0 Å². The number of pyridine rings is 1. The minimum Gasteiger partial charge on any atom is -0.354 e. The van der Waals surface area contributed by atoms with E-state index in [1.165, 1.54) is 12.1 Å². The topological polar surface area (TPSA) is 45.2 Å². The number of carbonyl (C=O) groups excluding carboxylic acids is 1. The van der Waals surface area contributed by atoms with Crippen molar-refractivity contribution in [3.8, 4) is 0 Å². The largest absolute Gasteiger partial charge is 0.354 e. The summed E-state index contributed by atoms with van der Waals surface area (Å²) in [6.45, 7) is 3.59. The van der Waals surface area contributed by atoms with Crippen LogP contribution in [-0.2, 0) is 6.42 Å². The van der Waals surface area contributed by atoms with Crippen molar-refractivity contribution in [1.82, 2.24) is 9.88 Å². The molecule has 2 heterocycles. The van der Waals surface area contributed by atoms with E-state index < -0.39 is 0 Å². The lowest BCUT2D eigenvalue weighted by atomic mass is 10.1. The molecule has 27 heavy (non-hydrogen) atoms. The molecule has 0 atom stereocenters. The van der Waals surface area contributed by atoms with Crippen molar-refractivity contribution < 1.29 is 9.18 Å². The predicted molar refractivity (Wildman–Crippen MR) is 106 cm³/mol. The van der Waals surface area contributed by atoms with E-state index in [9.17, 15) is 9.18 Å². The molecule has 0 aliphatic carbocycles. The average molecular weight is 363 g/mol. The summed E-state index contributed by atoms with van der Waals surface area (Å²) in [5.41, 5.74) is 3.83. The maximum atomic E-state index is 14.0. The van der Waals surface area contributed by atoms with Gasteiger partial charge in [0.25, 0.3) is 5.91 Å². The van der Waals surface area contributed by atoms with Gasteiger partial charge in [0, 0.05) is 30.4 Å². The maximum Gasteiger partial charge on any atom is 0.257 e. The van der Waals surface area contributed by atoms with Gasteiger partial charge in [-0.05, 0) is 49.1 Å². The normalized spacial score (nSPS) is 13.9. The third kappa shape index (κ3) is 3.37. The van der Waals surface area contributed by atoms with Gasteiger partial charge >= 0.3 is 0 Å². The minimum atomic E-state index is -0.345. The molecule has 0 unspecified atom stereocenters. The number of aromatic nitrogens is 1. The zero-order valence-corrected chi connectivity index (χ0v) is 15.3. The van der Waals surface area contributed by atoms with E-state index >= 15 is 0 Å². The van der Waals surface area contributed by atoms with E-state index in [4.69, 9.17) is 0 Å². The third-order valence-electron chi connectivity index (χ3n) is 5.11. The van der Waals surface area contributed by atoms with Crippen LogP contribution >= 0.6 is 0 Å². The minimum absolute atomic E-state index is 0.0531. The molecule has 1 aliphatic heterocycles. The van der Waals surface area contributed by atoms with Gasteiger partial charge in [-0.25, -0.2) is 4.39 Å². The number of carbonyl (C=O) groups is 1. The summed E-state index contributed by atoms with van der Waals surface area (Å²) in [6, 6.07) is 12.5. The van der Waals surface area contributed by atoms with Crippen molar-refractivity contribution in [3.63, 3.8) is 0 Å². The Kier molecular flexibility index (Phi) is 4.75. The Morgan fingerprint density at radius 3 is 2.74 bits per heavy atom. The van der Waals surface area contributed by atoms with Crippen LogP contribution in [0.1, 0.15) is 35.7 Å². The van der Waals surface area contributed by atoms with Gasteiger partial charge in [0.15, 0.2) is 0 Å². The number of likely N-dealkylation sites (tertiary alicyclic amines) is 1. The molecule has 1 aromatic heterocycles. The fourth-order valence-electron chi connectivity index (χ4n) is 3.64. The summed E-state index contributed by atoms with van der Waals surface area (Å²) < 4.78 is 14.0. The fraction of sp³-hybridized carbons (Fsp3) is 0.273. The number of amides is 1. The number of nitrogens with one attached hydrogen (secondary N) is 1. The molecule has 0 saturated carbocycles. The van der Waals surface area contributed by atoms with Gasteiger partial charge in [-0.1, -0.05) is 25.1 Å². The Balaban J connectivity index is 1.87. The molecular formula is C22H22FN3O. The number of fused-ring (bicyclic) bond motifs is 1. The van der Waals surface area contributed by atoms with Crippen LogP contribution in [0.5, 0.6) is 0 Å². The van der Waals surface area contributed by atoms with E-state index in [0.29, 0.717) is 22.2 Å². The quantitative estimate of drug-likeness (QED) is 0.716. The highest BCUT2D eigenvalue weighted by molar-refractivity contribution is 6.08. The van der Waals surface area contributed by atoms with E-state index in [0.717, 1.165) is 43.6 Å². The summed E-state index contributed by atoms with van der Waals surface area (Å²) in [7, 11) is 0. The van der Waals surface area contributed by atoms with Crippen LogP contribution < -0.4 is 5.32 Å². The van der Waals surface area contributed by atoms with Crippen LogP contribution in [0, 0.1) is 5.82 Å². The Bertz CT molecular complexity index is 996. The number of benzene rings is 2. The van der Waals surface area contributed by atoms with E-state index in [1.807, 2.05) is 29.2 Å². The van der Waals surface area contributed by atoms with E-state index in [-0.39, 0.29) is 11.7 Å². The number of hydrogen-bond acceptors (Lipinski definition) is 3. The van der Waals surface area contributed by atoms with Crippen molar-refractivity contribution >= 4 is 28.2 Å². The molecular weight excluding hydrogens is 341 g/mol. The van der Waals surface area contributed by atoms with Crippen molar-refractivity contribution in [3.05, 3.63) is 65.6 Å². The summed E-state index contributed by atoms with van der Waals surface area (Å²) >= 11 is 0. The van der Waals surface area contributed by atoms with Gasteiger partial charge in [-0.15, -0.1) is 0 Å². The molecule has 5 heteroatoms. The molecule has 1 N–H and O–H groups in total. The standard InChI is InChI=1S/C22H22FN3O/c1-2-15-7-3-4-8-19(15)25-21-17-13-16(23)9-10-20(17)24-14-18(21)22(27)26-11-5-6-12-26/h3-4,7-10,13-14H,2,5-6,11-12H2,1H3,(H,24,25). The van der Waals surface area contributed by atoms with Gasteiger partial charge < -0.3 is 10.2 Å². The second kappa shape index (κ2) is 7.35. The lowest BCUT2D eigenvalue weighted by molar-refractivity contribution is 0.0793. The summed E-state index contributed by atoms with van der Waals surface area (Å²) in [5, 5.41) is 4.03. The molecule has 1 saturated heterocycles. The second-order valence-electron chi connectivity index (χ2n) is 6.84. The highest BCUT2D eigenvalue weighted by atomic mass is 19.1. The first-order chi connectivity index (χ1) is 13.2. The Morgan fingerprint density at radius 1 is 1.19 bits per heavy atom. The van der Waals surface area contributed by atoms with Crippen LogP contribution in [-0.4, -0.2) is 28.9 Å². The highest BCUT2D eigenvalue weighted by Gasteiger charge is 2.24. The summed E-state index contributed by atoms with van der Waals surface area (Å²) in [6.07, 6.45) is 4.50. The van der Waals surface area contributed by atoms with Crippen molar-refractivity contribution in [2.24, 2.45) is 0 Å². The molecule has 0 bridgehead atoms. The lowest BCUT2D eigenvalue weighted by Gasteiger charge is -2.20. The maximum absolute atomic E-state index is 14.0. The number of aryl methyl sites for hydroxylation is 1. The van der Waals surface area contributed by atoms with Crippen molar-refractivity contribution in [2.75, 3.05) is 18.4 Å². The molecule has 4 rings (SSSR count). The Labute approximate surface area is 158 Å². The van der Waals surface area contributed by atoms with Crippen LogP contribution in [0.15, 0.2) is 48.7 Å². The summed E-state index contributed by atoms with van der Waals surface area (Å²) in [4.78, 5) is 19.3. The zero-order valence-electron chi connectivity index (χ0n) is 15.3. The van der Waals surface area contributed by atoms with Gasteiger partial charge in [0.05, 0.1) is 16.8 Å². The molecule has 4 nitrogen and oxygen atoms in total. The monoisotopic (exact) mass is 363 g/mol. The smallest absolute Gasteiger partial charge is 0.257 e. The Morgan fingerprint density at radius 2 is 1.96 bits per heavy atom. The number of nitrogens with zero attached hydrogens (tertiary/aromatic N) is 2. The molecule has 1 aliphatic rings. The van der Waals surface area contributed by atoms with Crippen molar-refractivity contribution in [1.29, 1.82) is 0 Å². The van der Waals surface area contributed by atoms with Crippen molar-refractivity contribution in [2.45, 2.75) is 26.2 Å². The summed E-state index contributed by atoms with van der Waals surface area (Å²) in [5.74, 6) is -0.399. The predicted octanol–water partition coefficient (Wildman–Crippen LogP) is 4.92. The number of anilines is 2. The van der Waals surface area contributed by atoms with Crippen LogP contribution in [0.4, 0.5) is 15.8 Å². The molecule has 2 aromatic carbocycles. The third-order valence-corrected chi connectivity index (χ3v) is 5.11. The number of rotatable bonds is 4. The first-order valence-electron chi connectivity index (χ1n) is 9.40.